The van der Waals surface area contributed by atoms with Crippen LogP contribution in [0.15, 0.2) is 84.9 Å². The van der Waals surface area contributed by atoms with E-state index in [1.54, 1.807) is 6.08 Å². The summed E-state index contributed by atoms with van der Waals surface area (Å²) in [5.74, 6) is -0.252. The molecule has 31 heavy (non-hydrogen) atoms. The lowest BCUT2D eigenvalue weighted by Gasteiger charge is -2.19. The monoisotopic (exact) mass is 412 g/mol. The SMILES string of the molecule is CC(=O)Nc1ccccc1N/C(=C\C(=O)c1ccc(C(C)(C)C)cc1)c1ccccc1. The Hall–Kier alpha value is -3.66. The largest absolute Gasteiger partial charge is 0.353 e. The highest BCUT2D eigenvalue weighted by atomic mass is 16.1. The Morgan fingerprint density at radius 1 is 0.710 bits per heavy atom. The van der Waals surface area contributed by atoms with E-state index in [2.05, 4.69) is 31.4 Å². The quantitative estimate of drug-likeness (QED) is 0.370. The van der Waals surface area contributed by atoms with Gasteiger partial charge in [-0.3, -0.25) is 9.59 Å². The molecule has 0 atom stereocenters. The number of hydrogen-bond acceptors (Lipinski definition) is 3. The van der Waals surface area contributed by atoms with Crippen molar-refractivity contribution in [2.24, 2.45) is 0 Å². The van der Waals surface area contributed by atoms with E-state index >= 15 is 0 Å². The van der Waals surface area contributed by atoms with E-state index in [-0.39, 0.29) is 17.1 Å². The molecule has 3 aromatic carbocycles. The number of anilines is 2. The Balaban J connectivity index is 1.96. The third-order valence-corrected chi connectivity index (χ3v) is 4.90. The Kier molecular flexibility index (Phi) is 6.71. The van der Waals surface area contributed by atoms with Gasteiger partial charge in [0.05, 0.1) is 11.4 Å². The number of ketones is 1. The average molecular weight is 413 g/mol. The first-order valence-electron chi connectivity index (χ1n) is 10.3. The van der Waals surface area contributed by atoms with Crippen LogP contribution >= 0.6 is 0 Å². The molecule has 0 spiro atoms. The molecule has 0 aliphatic carbocycles. The van der Waals surface area contributed by atoms with Crippen LogP contribution in [0.1, 0.15) is 49.2 Å². The molecule has 2 N–H and O–H groups in total. The van der Waals surface area contributed by atoms with Crippen LogP contribution < -0.4 is 10.6 Å². The van der Waals surface area contributed by atoms with Crippen LogP contribution in [0.3, 0.4) is 0 Å². The fourth-order valence-electron chi connectivity index (χ4n) is 3.19. The second-order valence-electron chi connectivity index (χ2n) is 8.47. The minimum absolute atomic E-state index is 0.0294. The van der Waals surface area contributed by atoms with Crippen molar-refractivity contribution in [2.75, 3.05) is 10.6 Å². The van der Waals surface area contributed by atoms with Crippen molar-refractivity contribution in [3.63, 3.8) is 0 Å². The highest BCUT2D eigenvalue weighted by molar-refractivity contribution is 6.10. The van der Waals surface area contributed by atoms with E-state index < -0.39 is 0 Å². The summed E-state index contributed by atoms with van der Waals surface area (Å²) in [6, 6.07) is 24.8. The highest BCUT2D eigenvalue weighted by Crippen LogP contribution is 2.27. The van der Waals surface area contributed by atoms with E-state index in [1.807, 2.05) is 78.9 Å². The average Bonchev–Trinajstić information content (AvgIpc) is 2.74. The lowest BCUT2D eigenvalue weighted by atomic mass is 9.86. The van der Waals surface area contributed by atoms with Gasteiger partial charge in [0.15, 0.2) is 5.78 Å². The Labute approximate surface area is 184 Å². The number of para-hydroxylation sites is 2. The summed E-state index contributed by atoms with van der Waals surface area (Å²) in [7, 11) is 0. The molecule has 1 amide bonds. The predicted molar refractivity (Wildman–Crippen MR) is 128 cm³/mol. The van der Waals surface area contributed by atoms with Crippen molar-refractivity contribution in [2.45, 2.75) is 33.1 Å². The molecule has 0 fully saturated rings. The van der Waals surface area contributed by atoms with Gasteiger partial charge in [0, 0.05) is 24.3 Å². The van der Waals surface area contributed by atoms with Gasteiger partial charge in [-0.1, -0.05) is 87.5 Å². The van der Waals surface area contributed by atoms with Gasteiger partial charge in [-0.2, -0.15) is 0 Å². The van der Waals surface area contributed by atoms with Crippen LogP contribution in [0.5, 0.6) is 0 Å². The molecule has 4 heteroatoms. The van der Waals surface area contributed by atoms with Gasteiger partial charge < -0.3 is 10.6 Å². The summed E-state index contributed by atoms with van der Waals surface area (Å²) in [6.45, 7) is 7.91. The predicted octanol–water partition coefficient (Wildman–Crippen LogP) is 6.28. The first kappa shape index (κ1) is 22.0. The normalized spacial score (nSPS) is 11.7. The van der Waals surface area contributed by atoms with Gasteiger partial charge in [0.25, 0.3) is 0 Å². The van der Waals surface area contributed by atoms with E-state index in [0.717, 1.165) is 5.56 Å². The summed E-state index contributed by atoms with van der Waals surface area (Å²) in [4.78, 5) is 24.6. The zero-order chi connectivity index (χ0) is 22.4. The molecular weight excluding hydrogens is 384 g/mol. The minimum Gasteiger partial charge on any atom is -0.353 e. The van der Waals surface area contributed by atoms with E-state index in [1.165, 1.54) is 12.5 Å². The standard InChI is InChI=1S/C27H28N2O2/c1-19(30)28-23-12-8-9-13-24(23)29-25(20-10-6-5-7-11-20)18-26(31)21-14-16-22(17-15-21)27(2,3)4/h5-18,29H,1-4H3,(H,28,30)/b25-18-. The summed E-state index contributed by atoms with van der Waals surface area (Å²) < 4.78 is 0. The molecule has 0 aliphatic rings. The summed E-state index contributed by atoms with van der Waals surface area (Å²) in [5, 5.41) is 6.15. The molecule has 0 radical (unpaired) electrons. The number of rotatable bonds is 6. The number of allylic oxidation sites excluding steroid dienone is 1. The van der Waals surface area contributed by atoms with Crippen molar-refractivity contribution in [1.29, 1.82) is 0 Å². The third kappa shape index (κ3) is 5.92. The molecule has 0 bridgehead atoms. The molecule has 0 saturated heterocycles. The van der Waals surface area contributed by atoms with Gasteiger partial charge in [-0.25, -0.2) is 0 Å². The first-order chi connectivity index (χ1) is 14.7. The first-order valence-corrected chi connectivity index (χ1v) is 10.3. The van der Waals surface area contributed by atoms with Crippen LogP contribution in [0, 0.1) is 0 Å². The molecule has 3 rings (SSSR count). The van der Waals surface area contributed by atoms with Gasteiger partial charge in [-0.05, 0) is 28.7 Å². The van der Waals surface area contributed by atoms with Crippen LogP contribution in [0.25, 0.3) is 5.70 Å². The fourth-order valence-corrected chi connectivity index (χ4v) is 3.19. The molecule has 158 valence electrons. The third-order valence-electron chi connectivity index (χ3n) is 4.90. The van der Waals surface area contributed by atoms with Gasteiger partial charge in [0.2, 0.25) is 5.91 Å². The van der Waals surface area contributed by atoms with Crippen molar-refractivity contribution >= 4 is 28.8 Å². The van der Waals surface area contributed by atoms with Crippen LogP contribution in [0.4, 0.5) is 11.4 Å². The van der Waals surface area contributed by atoms with Crippen molar-refractivity contribution < 1.29 is 9.59 Å². The maximum Gasteiger partial charge on any atom is 0.221 e. The summed E-state index contributed by atoms with van der Waals surface area (Å²) >= 11 is 0. The second kappa shape index (κ2) is 9.43. The zero-order valence-electron chi connectivity index (χ0n) is 18.4. The van der Waals surface area contributed by atoms with Crippen LogP contribution in [-0.4, -0.2) is 11.7 Å². The molecule has 0 saturated carbocycles. The number of benzene rings is 3. The lowest BCUT2D eigenvalue weighted by Crippen LogP contribution is -2.11. The highest BCUT2D eigenvalue weighted by Gasteiger charge is 2.15. The van der Waals surface area contributed by atoms with E-state index in [9.17, 15) is 9.59 Å². The van der Waals surface area contributed by atoms with Crippen LogP contribution in [-0.2, 0) is 10.2 Å². The fraction of sp³-hybridized carbons (Fsp3) is 0.185. The molecule has 0 aliphatic heterocycles. The molecule has 4 nitrogen and oxygen atoms in total. The second-order valence-corrected chi connectivity index (χ2v) is 8.47. The van der Waals surface area contributed by atoms with Gasteiger partial charge in [0.1, 0.15) is 0 Å². The number of carbonyl (C=O) groups is 2. The van der Waals surface area contributed by atoms with Crippen molar-refractivity contribution in [3.05, 3.63) is 102 Å². The minimum atomic E-state index is -0.158. The number of carbonyl (C=O) groups excluding carboxylic acids is 2. The number of amides is 1. The Morgan fingerprint density at radius 2 is 1.26 bits per heavy atom. The molecule has 0 aromatic heterocycles. The van der Waals surface area contributed by atoms with Gasteiger partial charge in [-0.15, -0.1) is 0 Å². The smallest absolute Gasteiger partial charge is 0.221 e. The van der Waals surface area contributed by atoms with Crippen molar-refractivity contribution in [3.8, 4) is 0 Å². The molecule has 3 aromatic rings. The number of hydrogen-bond donors (Lipinski definition) is 2. The Morgan fingerprint density at radius 3 is 1.81 bits per heavy atom. The van der Waals surface area contributed by atoms with E-state index in [4.69, 9.17) is 0 Å². The lowest BCUT2D eigenvalue weighted by molar-refractivity contribution is -0.114. The summed E-state index contributed by atoms with van der Waals surface area (Å²) in [5.41, 5.74) is 4.73. The summed E-state index contributed by atoms with van der Waals surface area (Å²) in [6.07, 6.45) is 1.60. The van der Waals surface area contributed by atoms with Crippen LogP contribution in [0.2, 0.25) is 0 Å². The molecular formula is C27H28N2O2. The maximum atomic E-state index is 13.1. The van der Waals surface area contributed by atoms with Crippen molar-refractivity contribution in [1.82, 2.24) is 0 Å². The number of nitrogens with one attached hydrogen (secondary N) is 2. The molecule has 0 unspecified atom stereocenters. The van der Waals surface area contributed by atoms with Gasteiger partial charge >= 0.3 is 0 Å². The zero-order valence-corrected chi connectivity index (χ0v) is 18.4. The maximum absolute atomic E-state index is 13.1. The molecule has 0 heterocycles. The Bertz CT molecular complexity index is 1090. The topological polar surface area (TPSA) is 58.2 Å². The van der Waals surface area contributed by atoms with E-state index in [0.29, 0.717) is 22.6 Å².